The second-order valence-electron chi connectivity index (χ2n) is 4.84. The van der Waals surface area contributed by atoms with Crippen LogP contribution in [0.1, 0.15) is 17.0 Å². The number of benzene rings is 1. The molecular formula is C15H16N4O3. The summed E-state index contributed by atoms with van der Waals surface area (Å²) in [7, 11) is 1.80. The summed E-state index contributed by atoms with van der Waals surface area (Å²) in [5, 5.41) is 17.7. The predicted octanol–water partition coefficient (Wildman–Crippen LogP) is 2.60. The van der Waals surface area contributed by atoms with Crippen LogP contribution in [0.5, 0.6) is 0 Å². The van der Waals surface area contributed by atoms with Crippen molar-refractivity contribution in [1.82, 2.24) is 9.78 Å². The summed E-state index contributed by atoms with van der Waals surface area (Å²) in [6.45, 7) is 3.67. The molecule has 0 atom stereocenters. The van der Waals surface area contributed by atoms with Crippen molar-refractivity contribution in [2.24, 2.45) is 7.05 Å². The van der Waals surface area contributed by atoms with Crippen LogP contribution in [0.4, 0.5) is 11.4 Å². The first-order valence-electron chi connectivity index (χ1n) is 6.62. The summed E-state index contributed by atoms with van der Waals surface area (Å²) in [4.78, 5) is 22.2. The molecule has 0 aliphatic rings. The van der Waals surface area contributed by atoms with Crippen LogP contribution in [0.3, 0.4) is 0 Å². The van der Waals surface area contributed by atoms with Gasteiger partial charge in [0.25, 0.3) is 5.69 Å². The summed E-state index contributed by atoms with van der Waals surface area (Å²) < 4.78 is 1.69. The van der Waals surface area contributed by atoms with Crippen molar-refractivity contribution in [2.45, 2.75) is 13.8 Å². The lowest BCUT2D eigenvalue weighted by atomic mass is 10.2. The number of nitro benzene ring substituents is 1. The maximum atomic E-state index is 11.9. The first kappa shape index (κ1) is 15.4. The van der Waals surface area contributed by atoms with Gasteiger partial charge in [-0.05, 0) is 25.5 Å². The Morgan fingerprint density at radius 1 is 1.41 bits per heavy atom. The molecule has 1 heterocycles. The van der Waals surface area contributed by atoms with Crippen molar-refractivity contribution in [3.63, 3.8) is 0 Å². The van der Waals surface area contributed by atoms with Gasteiger partial charge in [-0.15, -0.1) is 0 Å². The number of hydrogen-bond acceptors (Lipinski definition) is 4. The Morgan fingerprint density at radius 2 is 2.14 bits per heavy atom. The molecule has 2 rings (SSSR count). The number of nitro groups is 1. The molecule has 1 amide bonds. The summed E-state index contributed by atoms with van der Waals surface area (Å²) in [6.07, 6.45) is 2.87. The number of hydrogen-bond donors (Lipinski definition) is 1. The molecule has 0 fully saturated rings. The van der Waals surface area contributed by atoms with E-state index in [1.54, 1.807) is 23.9 Å². The van der Waals surface area contributed by atoms with Crippen LogP contribution in [0, 0.1) is 24.0 Å². The van der Waals surface area contributed by atoms with Gasteiger partial charge < -0.3 is 5.32 Å². The Morgan fingerprint density at radius 3 is 2.73 bits per heavy atom. The Labute approximate surface area is 127 Å². The van der Waals surface area contributed by atoms with Crippen molar-refractivity contribution in [1.29, 1.82) is 0 Å². The smallest absolute Gasteiger partial charge is 0.270 e. The van der Waals surface area contributed by atoms with Crippen LogP contribution in [0.15, 0.2) is 30.3 Å². The van der Waals surface area contributed by atoms with Crippen molar-refractivity contribution in [3.05, 3.63) is 57.4 Å². The monoisotopic (exact) mass is 300 g/mol. The number of rotatable bonds is 4. The van der Waals surface area contributed by atoms with Crippen LogP contribution in [0.25, 0.3) is 6.08 Å². The summed E-state index contributed by atoms with van der Waals surface area (Å²) in [5.74, 6) is -0.314. The van der Waals surface area contributed by atoms with Gasteiger partial charge >= 0.3 is 0 Å². The number of carbonyl (C=O) groups excluding carboxylic acids is 1. The van der Waals surface area contributed by atoms with E-state index in [1.165, 1.54) is 24.3 Å². The molecule has 7 nitrogen and oxygen atoms in total. The maximum absolute atomic E-state index is 11.9. The lowest BCUT2D eigenvalue weighted by Gasteiger charge is -2.02. The average molecular weight is 300 g/mol. The first-order valence-corrected chi connectivity index (χ1v) is 6.62. The molecule has 0 unspecified atom stereocenters. The number of nitrogens with zero attached hydrogens (tertiary/aromatic N) is 3. The maximum Gasteiger partial charge on any atom is 0.270 e. The number of carbonyl (C=O) groups is 1. The van der Waals surface area contributed by atoms with Crippen molar-refractivity contribution in [2.75, 3.05) is 5.32 Å². The van der Waals surface area contributed by atoms with Gasteiger partial charge in [0.2, 0.25) is 5.91 Å². The zero-order valence-corrected chi connectivity index (χ0v) is 12.5. The largest absolute Gasteiger partial charge is 0.319 e. The number of aromatic nitrogens is 2. The van der Waals surface area contributed by atoms with Crippen LogP contribution in [-0.2, 0) is 11.8 Å². The number of non-ortho nitro benzene ring substituents is 1. The van der Waals surface area contributed by atoms with Gasteiger partial charge in [-0.1, -0.05) is 12.1 Å². The molecule has 2 aromatic rings. The van der Waals surface area contributed by atoms with Gasteiger partial charge in [-0.2, -0.15) is 5.10 Å². The highest BCUT2D eigenvalue weighted by Gasteiger charge is 2.11. The zero-order valence-electron chi connectivity index (χ0n) is 12.5. The predicted molar refractivity (Wildman–Crippen MR) is 83.4 cm³/mol. The molecule has 7 heteroatoms. The van der Waals surface area contributed by atoms with Crippen LogP contribution in [0.2, 0.25) is 0 Å². The van der Waals surface area contributed by atoms with E-state index in [0.29, 0.717) is 11.3 Å². The zero-order chi connectivity index (χ0) is 16.3. The molecule has 0 saturated carbocycles. The summed E-state index contributed by atoms with van der Waals surface area (Å²) in [6, 6.07) is 6.08. The normalized spacial score (nSPS) is 10.9. The Balaban J connectivity index is 2.12. The third kappa shape index (κ3) is 3.38. The minimum Gasteiger partial charge on any atom is -0.319 e. The molecular weight excluding hydrogens is 284 g/mol. The molecule has 22 heavy (non-hydrogen) atoms. The second-order valence-corrected chi connectivity index (χ2v) is 4.84. The fourth-order valence-electron chi connectivity index (χ4n) is 2.03. The number of amides is 1. The molecule has 0 radical (unpaired) electrons. The van der Waals surface area contributed by atoms with Crippen LogP contribution in [-0.4, -0.2) is 20.6 Å². The molecule has 1 N–H and O–H groups in total. The molecule has 0 aliphatic heterocycles. The van der Waals surface area contributed by atoms with E-state index < -0.39 is 4.92 Å². The highest BCUT2D eigenvalue weighted by molar-refractivity contribution is 6.02. The quantitative estimate of drug-likeness (QED) is 0.534. The summed E-state index contributed by atoms with van der Waals surface area (Å²) in [5.41, 5.74) is 2.84. The molecule has 114 valence electrons. The van der Waals surface area contributed by atoms with Crippen LogP contribution >= 0.6 is 0 Å². The van der Waals surface area contributed by atoms with Gasteiger partial charge in [-0.25, -0.2) is 0 Å². The highest BCUT2D eigenvalue weighted by Crippen LogP contribution is 2.18. The SMILES string of the molecule is Cc1nn(C)c(C)c1NC(=O)C=Cc1cccc([N+](=O)[O-])c1. The fraction of sp³-hybridized carbons (Fsp3) is 0.200. The average Bonchev–Trinajstić information content (AvgIpc) is 2.72. The highest BCUT2D eigenvalue weighted by atomic mass is 16.6. The molecule has 1 aromatic heterocycles. The lowest BCUT2D eigenvalue weighted by Crippen LogP contribution is -2.09. The minimum atomic E-state index is -0.472. The van der Waals surface area contributed by atoms with E-state index in [0.717, 1.165) is 11.4 Å². The standard InChI is InChI=1S/C15H16N4O3/c1-10-15(11(2)18(3)17-10)16-14(20)8-7-12-5-4-6-13(9-12)19(21)22/h4-9H,1-3H3,(H,16,20). The van der Waals surface area contributed by atoms with E-state index in [4.69, 9.17) is 0 Å². The topological polar surface area (TPSA) is 90.1 Å². The number of aryl methyl sites for hydroxylation is 2. The minimum absolute atomic E-state index is 0.0125. The van der Waals surface area contributed by atoms with Gasteiger partial charge in [0.15, 0.2) is 0 Å². The van der Waals surface area contributed by atoms with Gasteiger partial charge in [0.05, 0.1) is 22.0 Å². The third-order valence-electron chi connectivity index (χ3n) is 3.27. The van der Waals surface area contributed by atoms with E-state index in [1.807, 2.05) is 13.8 Å². The second kappa shape index (κ2) is 6.21. The van der Waals surface area contributed by atoms with Crippen molar-refractivity contribution in [3.8, 4) is 0 Å². The fourth-order valence-corrected chi connectivity index (χ4v) is 2.03. The Kier molecular flexibility index (Phi) is 4.36. The third-order valence-corrected chi connectivity index (χ3v) is 3.27. The van der Waals surface area contributed by atoms with Gasteiger partial charge in [0, 0.05) is 25.3 Å². The molecule has 1 aromatic carbocycles. The number of anilines is 1. The summed E-state index contributed by atoms with van der Waals surface area (Å²) >= 11 is 0. The van der Waals surface area contributed by atoms with Crippen molar-refractivity contribution < 1.29 is 9.72 Å². The molecule has 0 saturated heterocycles. The number of nitrogens with one attached hydrogen (secondary N) is 1. The Hall–Kier alpha value is -2.96. The van der Waals surface area contributed by atoms with Gasteiger partial charge in [0.1, 0.15) is 0 Å². The van der Waals surface area contributed by atoms with Crippen molar-refractivity contribution >= 4 is 23.4 Å². The lowest BCUT2D eigenvalue weighted by molar-refractivity contribution is -0.384. The van der Waals surface area contributed by atoms with E-state index in [9.17, 15) is 14.9 Å². The molecule has 0 bridgehead atoms. The first-order chi connectivity index (χ1) is 10.4. The van der Waals surface area contributed by atoms with E-state index >= 15 is 0 Å². The molecule has 0 spiro atoms. The van der Waals surface area contributed by atoms with Crippen LogP contribution < -0.4 is 5.32 Å². The molecule has 0 aliphatic carbocycles. The Bertz CT molecular complexity index is 762. The van der Waals surface area contributed by atoms with E-state index in [2.05, 4.69) is 10.4 Å². The van der Waals surface area contributed by atoms with Gasteiger partial charge in [-0.3, -0.25) is 19.6 Å². The van der Waals surface area contributed by atoms with E-state index in [-0.39, 0.29) is 11.6 Å².